The van der Waals surface area contributed by atoms with Gasteiger partial charge in [0.1, 0.15) is 0 Å². The molecule has 18 valence electrons. The van der Waals surface area contributed by atoms with Crippen molar-refractivity contribution in [3.63, 3.8) is 0 Å². The molecule has 4 heavy (non-hydrogen) atoms. The van der Waals surface area contributed by atoms with Crippen LogP contribution in [0.1, 0.15) is 0 Å². The van der Waals surface area contributed by atoms with Gasteiger partial charge >= 0.3 is 27.4 Å². The Hall–Kier alpha value is 0.0149. The van der Waals surface area contributed by atoms with Crippen molar-refractivity contribution in [1.82, 2.24) is 0 Å². The number of hydrogen-bond donors (Lipinski definition) is 0. The van der Waals surface area contributed by atoms with Crippen molar-refractivity contribution in [3.05, 3.63) is 0 Å². The van der Waals surface area contributed by atoms with Gasteiger partial charge in [-0.1, -0.05) is 0 Å². The van der Waals surface area contributed by atoms with Crippen LogP contribution in [0, 0.1) is 5.55 Å². The van der Waals surface area contributed by atoms with Crippen molar-refractivity contribution in [2.45, 2.75) is 0 Å². The van der Waals surface area contributed by atoms with E-state index in [4.69, 9.17) is 7.33 Å². The fourth-order valence-electron chi connectivity index (χ4n) is 0. The van der Waals surface area contributed by atoms with E-state index in [-0.39, 0.29) is 0 Å². The summed E-state index contributed by atoms with van der Waals surface area (Å²) in [4.78, 5) is 0. The van der Waals surface area contributed by atoms with E-state index in [0.717, 1.165) is 8.20 Å². The minimum atomic E-state index is 0.776. The van der Waals surface area contributed by atoms with Gasteiger partial charge in [-0.2, -0.15) is 0 Å². The molecule has 0 saturated heterocycles. The second kappa shape index (κ2) is 3.01. The predicted molar refractivity (Wildman–Crippen MR) is 23.7 cm³/mol. The Bertz CT molecular complexity index is 51.5. The van der Waals surface area contributed by atoms with Crippen LogP contribution in [0.2, 0.25) is 0 Å². The van der Waals surface area contributed by atoms with Crippen molar-refractivity contribution in [3.8, 4) is 5.55 Å². The summed E-state index contributed by atoms with van der Waals surface area (Å²) in [5.74, 6) is 0. The summed E-state index contributed by atoms with van der Waals surface area (Å²) in [6.45, 7) is 0. The Morgan fingerprint density at radius 2 is 2.25 bits per heavy atom. The van der Waals surface area contributed by atoms with Crippen LogP contribution in [-0.2, 0) is 0 Å². The Morgan fingerprint density at radius 3 is 2.25 bits per heavy atom. The van der Waals surface area contributed by atoms with Crippen LogP contribution < -0.4 is 0 Å². The molecule has 0 radical (unpaired) electrons. The predicted octanol–water partition coefficient (Wildman–Crippen LogP) is 0.450. The maximum atomic E-state index is 4.70. The zero-order chi connectivity index (χ0) is 3.41. The molecule has 0 aromatic heterocycles. The molecule has 0 spiro atoms. The standard InChI is InChI=1S/C2H2BP/c1-4-2-3/h1H2. The molecule has 0 rings (SSSR count). The van der Waals surface area contributed by atoms with E-state index in [1.807, 2.05) is 0 Å². The molecule has 0 amide bonds. The van der Waals surface area contributed by atoms with Gasteiger partial charge in [0, 0.05) is 0 Å². The molecule has 0 heterocycles. The van der Waals surface area contributed by atoms with Gasteiger partial charge in [-0.05, 0) is 0 Å². The average molecular weight is 67.8 g/mol. The van der Waals surface area contributed by atoms with Gasteiger partial charge in [-0.3, -0.25) is 0 Å². The molecular formula is C2H2BP. The summed E-state index contributed by atoms with van der Waals surface area (Å²) < 4.78 is 0. The van der Waals surface area contributed by atoms with E-state index in [1.54, 1.807) is 0 Å². The topological polar surface area (TPSA) is 0 Å². The first kappa shape index (κ1) is 4.01. The molecule has 0 bridgehead atoms. The SMILES string of the molecule is B#CP=C. The van der Waals surface area contributed by atoms with Crippen LogP contribution in [0.4, 0.5) is 0 Å². The van der Waals surface area contributed by atoms with Gasteiger partial charge < -0.3 is 0 Å². The van der Waals surface area contributed by atoms with E-state index in [9.17, 15) is 0 Å². The third-order valence-electron chi connectivity index (χ3n) is 0.0913. The van der Waals surface area contributed by atoms with Gasteiger partial charge in [0.15, 0.2) is 0 Å². The quantitative estimate of drug-likeness (QED) is 0.285. The minimum absolute atomic E-state index is 0.776. The summed E-state index contributed by atoms with van der Waals surface area (Å²) in [7, 11) is 5.48. The number of rotatable bonds is 0. The van der Waals surface area contributed by atoms with Crippen molar-refractivity contribution >= 4 is 21.8 Å². The summed E-state index contributed by atoms with van der Waals surface area (Å²) in [6, 6.07) is 0. The molecule has 0 nitrogen and oxygen atoms in total. The van der Waals surface area contributed by atoms with E-state index >= 15 is 0 Å². The summed E-state index contributed by atoms with van der Waals surface area (Å²) in [5.41, 5.74) is 2.29. The molecule has 2 heteroatoms. The molecule has 0 aliphatic carbocycles. The van der Waals surface area contributed by atoms with E-state index in [2.05, 4.69) is 11.8 Å². The Labute approximate surface area is 28.4 Å². The third-order valence-corrected chi connectivity index (χ3v) is 0.274. The molecule has 0 aliphatic heterocycles. The van der Waals surface area contributed by atoms with Gasteiger partial charge in [0.2, 0.25) is 0 Å². The third kappa shape index (κ3) is 2.01. The molecule has 0 aromatic rings. The van der Waals surface area contributed by atoms with Crippen molar-refractivity contribution in [1.29, 1.82) is 0 Å². The average Bonchev–Trinajstić information content (AvgIpc) is 1.37. The van der Waals surface area contributed by atoms with Crippen LogP contribution in [-0.4, -0.2) is 13.6 Å². The second-order valence-electron chi connectivity index (χ2n) is 0.287. The monoisotopic (exact) mass is 68.0 g/mol. The first-order valence-corrected chi connectivity index (χ1v) is 1.91. The Balaban J connectivity index is 2.92. The fourth-order valence-corrected chi connectivity index (χ4v) is 0. The second-order valence-corrected chi connectivity index (χ2v) is 0.862. The molecule has 0 saturated carbocycles. The molecule has 0 aromatic carbocycles. The molecule has 0 aliphatic rings. The van der Waals surface area contributed by atoms with Gasteiger partial charge in [-0.15, -0.1) is 0 Å². The molecule has 0 N–H and O–H groups in total. The zero-order valence-electron chi connectivity index (χ0n) is 2.23. The zero-order valence-corrected chi connectivity index (χ0v) is 3.13. The molecule has 0 fully saturated rings. The van der Waals surface area contributed by atoms with Crippen LogP contribution in [0.3, 0.4) is 0 Å². The van der Waals surface area contributed by atoms with Crippen molar-refractivity contribution in [2.24, 2.45) is 0 Å². The number of hydrogen-bond acceptors (Lipinski definition) is 0. The van der Waals surface area contributed by atoms with Gasteiger partial charge in [-0.25, -0.2) is 0 Å². The van der Waals surface area contributed by atoms with E-state index < -0.39 is 0 Å². The van der Waals surface area contributed by atoms with Gasteiger partial charge in [0.25, 0.3) is 0 Å². The molecular weight excluding hydrogens is 65.8 g/mol. The van der Waals surface area contributed by atoms with Crippen LogP contribution in [0.25, 0.3) is 0 Å². The molecule has 0 unspecified atom stereocenters. The Kier molecular flexibility index (Phi) is 3.03. The van der Waals surface area contributed by atoms with E-state index in [0.29, 0.717) is 0 Å². The van der Waals surface area contributed by atoms with Crippen molar-refractivity contribution < 1.29 is 0 Å². The summed E-state index contributed by atoms with van der Waals surface area (Å²) in [6.07, 6.45) is 3.34. The first-order valence-electron chi connectivity index (χ1n) is 0.829. The van der Waals surface area contributed by atoms with E-state index in [1.165, 1.54) is 0 Å². The van der Waals surface area contributed by atoms with Crippen molar-refractivity contribution in [2.75, 3.05) is 0 Å². The van der Waals surface area contributed by atoms with Crippen LogP contribution in [0.15, 0.2) is 0 Å². The van der Waals surface area contributed by atoms with Gasteiger partial charge in [0.05, 0.1) is 0 Å². The Morgan fingerprint density at radius 1 is 2.00 bits per heavy atom. The molecule has 0 atom stereocenters. The van der Waals surface area contributed by atoms with Crippen LogP contribution >= 0.6 is 8.20 Å². The maximum absolute atomic E-state index is 4.70. The summed E-state index contributed by atoms with van der Waals surface area (Å²) in [5, 5.41) is 0. The normalized spacial score (nSPS) is 6.50. The fraction of sp³-hybridized carbons (Fsp3) is 0. The van der Waals surface area contributed by atoms with Crippen LogP contribution in [0.5, 0.6) is 0 Å². The summed E-state index contributed by atoms with van der Waals surface area (Å²) >= 11 is 0. The first-order chi connectivity index (χ1) is 1.91.